The third-order valence-electron chi connectivity index (χ3n) is 5.08. The number of H-pyrrole nitrogens is 1. The monoisotopic (exact) mass is 404 g/mol. The maximum absolute atomic E-state index is 14.0. The maximum Gasteiger partial charge on any atom is 0.168 e. The lowest BCUT2D eigenvalue weighted by Gasteiger charge is -2.34. The van der Waals surface area contributed by atoms with Gasteiger partial charge in [-0.05, 0) is 12.1 Å². The normalized spacial score (nSPS) is 21.8. The summed E-state index contributed by atoms with van der Waals surface area (Å²) < 4.78 is 38.8. The molecule has 3 heterocycles. The van der Waals surface area contributed by atoms with E-state index in [2.05, 4.69) is 20.4 Å². The maximum atomic E-state index is 14.0. The minimum atomic E-state index is -0.824. The van der Waals surface area contributed by atoms with Crippen molar-refractivity contribution in [2.45, 2.75) is 18.6 Å². The number of aromatic amines is 1. The molecule has 2 unspecified atom stereocenters. The van der Waals surface area contributed by atoms with Gasteiger partial charge in [0.25, 0.3) is 0 Å². The van der Waals surface area contributed by atoms with Crippen molar-refractivity contribution in [2.75, 3.05) is 20.2 Å². The molecule has 2 aliphatic rings. The molecule has 2 aromatic rings. The first kappa shape index (κ1) is 18.9. The van der Waals surface area contributed by atoms with Crippen LogP contribution in [0.1, 0.15) is 12.0 Å². The first-order chi connectivity index (χ1) is 14.0. The number of allylic oxidation sites excluding steroid dienone is 1. The Kier molecular flexibility index (Phi) is 4.91. The van der Waals surface area contributed by atoms with Gasteiger partial charge in [-0.1, -0.05) is 0 Å². The number of methoxy groups -OCH3 is 1. The molecule has 0 radical (unpaired) electrons. The quantitative estimate of drug-likeness (QED) is 0.593. The minimum absolute atomic E-state index is 0.0592. The molecule has 1 fully saturated rings. The van der Waals surface area contributed by atoms with Crippen LogP contribution in [0.3, 0.4) is 0 Å². The van der Waals surface area contributed by atoms with Crippen LogP contribution < -0.4 is 26.3 Å². The molecule has 2 aliphatic heterocycles. The molecule has 29 heavy (non-hydrogen) atoms. The van der Waals surface area contributed by atoms with Crippen LogP contribution in [-0.4, -0.2) is 47.4 Å². The fraction of sp³-hybridized carbons (Fsp3) is 0.316. The summed E-state index contributed by atoms with van der Waals surface area (Å²) in [5.41, 5.74) is 13.3. The van der Waals surface area contributed by atoms with Crippen LogP contribution in [-0.2, 0) is 0 Å². The summed E-state index contributed by atoms with van der Waals surface area (Å²) in [6.07, 6.45) is 5.62. The van der Waals surface area contributed by atoms with Gasteiger partial charge in [0, 0.05) is 30.3 Å². The van der Waals surface area contributed by atoms with Crippen molar-refractivity contribution in [1.29, 1.82) is 0 Å². The number of aromatic nitrogens is 2. The van der Waals surface area contributed by atoms with E-state index in [9.17, 15) is 8.78 Å². The van der Waals surface area contributed by atoms with E-state index in [-0.39, 0.29) is 29.2 Å². The van der Waals surface area contributed by atoms with Crippen molar-refractivity contribution in [3.05, 3.63) is 59.3 Å². The van der Waals surface area contributed by atoms with Crippen LogP contribution in [0.2, 0.25) is 0 Å². The van der Waals surface area contributed by atoms with Crippen LogP contribution in [0.15, 0.2) is 42.1 Å². The molecule has 0 spiro atoms. The molecular formula is C19H22F2N6O2. The molecule has 0 aliphatic carbocycles. The van der Waals surface area contributed by atoms with Crippen molar-refractivity contribution in [1.82, 2.24) is 20.4 Å². The van der Waals surface area contributed by atoms with Crippen LogP contribution in [0.4, 0.5) is 8.78 Å². The van der Waals surface area contributed by atoms with Crippen LogP contribution >= 0.6 is 0 Å². The number of halogens is 2. The van der Waals surface area contributed by atoms with Crippen molar-refractivity contribution in [2.24, 2.45) is 11.5 Å². The summed E-state index contributed by atoms with van der Waals surface area (Å²) in [6.45, 7) is 1.25. The topological polar surface area (TPSA) is 114 Å². The van der Waals surface area contributed by atoms with E-state index >= 15 is 0 Å². The van der Waals surface area contributed by atoms with Gasteiger partial charge < -0.3 is 31.2 Å². The Morgan fingerprint density at radius 3 is 2.93 bits per heavy atom. The summed E-state index contributed by atoms with van der Waals surface area (Å²) >= 11 is 0. The van der Waals surface area contributed by atoms with Gasteiger partial charge in [0.05, 0.1) is 37.8 Å². The van der Waals surface area contributed by atoms with Gasteiger partial charge in [0.2, 0.25) is 0 Å². The van der Waals surface area contributed by atoms with Crippen LogP contribution in [0.5, 0.6) is 11.5 Å². The van der Waals surface area contributed by atoms with E-state index in [4.69, 9.17) is 20.9 Å². The van der Waals surface area contributed by atoms with Gasteiger partial charge in [-0.15, -0.1) is 0 Å². The van der Waals surface area contributed by atoms with Crippen LogP contribution in [0.25, 0.3) is 5.70 Å². The molecule has 2 atom stereocenters. The highest BCUT2D eigenvalue weighted by Crippen LogP contribution is 2.32. The Bertz CT molecular complexity index is 960. The molecule has 6 N–H and O–H groups in total. The Balaban J connectivity index is 1.62. The molecule has 0 bridgehead atoms. The first-order valence-corrected chi connectivity index (χ1v) is 9.12. The SMILES string of the molecule is COc1c(F)cc(F)cc1/C(N)=C/C1=C(N)NCC2CC(Oc3cn[nH]c3)CN12. The second-order valence-electron chi connectivity index (χ2n) is 6.96. The lowest BCUT2D eigenvalue weighted by molar-refractivity contribution is 0.209. The zero-order chi connectivity index (χ0) is 20.5. The van der Waals surface area contributed by atoms with E-state index < -0.39 is 11.6 Å². The lowest BCUT2D eigenvalue weighted by Crippen LogP contribution is -2.45. The fourth-order valence-electron chi connectivity index (χ4n) is 3.78. The molecule has 1 aromatic heterocycles. The second-order valence-corrected chi connectivity index (χ2v) is 6.96. The predicted molar refractivity (Wildman–Crippen MR) is 102 cm³/mol. The van der Waals surface area contributed by atoms with Crippen molar-refractivity contribution >= 4 is 5.70 Å². The summed E-state index contributed by atoms with van der Waals surface area (Å²) in [6, 6.07) is 2.02. The Morgan fingerprint density at radius 1 is 1.38 bits per heavy atom. The molecular weight excluding hydrogens is 382 g/mol. The molecule has 8 nitrogen and oxygen atoms in total. The number of nitrogens with two attached hydrogens (primary N) is 2. The van der Waals surface area contributed by atoms with Gasteiger partial charge in [-0.25, -0.2) is 8.78 Å². The van der Waals surface area contributed by atoms with Gasteiger partial charge in [-0.3, -0.25) is 5.10 Å². The number of nitrogens with zero attached hydrogens (tertiary/aromatic N) is 2. The third-order valence-corrected chi connectivity index (χ3v) is 5.08. The van der Waals surface area contributed by atoms with E-state index in [1.165, 1.54) is 7.11 Å². The second kappa shape index (κ2) is 7.53. The highest BCUT2D eigenvalue weighted by molar-refractivity contribution is 5.70. The average Bonchev–Trinajstić information content (AvgIpc) is 3.33. The largest absolute Gasteiger partial charge is 0.493 e. The van der Waals surface area contributed by atoms with Crippen molar-refractivity contribution < 1.29 is 18.3 Å². The molecule has 1 aromatic carbocycles. The highest BCUT2D eigenvalue weighted by atomic mass is 19.1. The van der Waals surface area contributed by atoms with Gasteiger partial charge in [-0.2, -0.15) is 5.10 Å². The lowest BCUT2D eigenvalue weighted by atomic mass is 10.1. The predicted octanol–water partition coefficient (Wildman–Crippen LogP) is 1.25. The fourth-order valence-corrected chi connectivity index (χ4v) is 3.78. The molecule has 1 saturated heterocycles. The third kappa shape index (κ3) is 3.65. The molecule has 10 heteroatoms. The van der Waals surface area contributed by atoms with E-state index in [1.807, 2.05) is 0 Å². The van der Waals surface area contributed by atoms with E-state index in [0.717, 1.165) is 18.6 Å². The number of ether oxygens (including phenoxy) is 2. The summed E-state index contributed by atoms with van der Waals surface area (Å²) in [5.74, 6) is -0.594. The zero-order valence-corrected chi connectivity index (χ0v) is 15.8. The first-order valence-electron chi connectivity index (χ1n) is 9.12. The van der Waals surface area contributed by atoms with Crippen molar-refractivity contribution in [3.8, 4) is 11.5 Å². The Labute approximate surface area is 166 Å². The van der Waals surface area contributed by atoms with Gasteiger partial charge in [0.15, 0.2) is 17.3 Å². The number of hydrogen-bond acceptors (Lipinski definition) is 7. The summed E-state index contributed by atoms with van der Waals surface area (Å²) in [7, 11) is 1.30. The van der Waals surface area contributed by atoms with E-state index in [1.54, 1.807) is 18.5 Å². The number of nitrogens with one attached hydrogen (secondary N) is 2. The smallest absolute Gasteiger partial charge is 0.168 e. The summed E-state index contributed by atoms with van der Waals surface area (Å²) in [5, 5.41) is 9.75. The minimum Gasteiger partial charge on any atom is -0.493 e. The van der Waals surface area contributed by atoms with Crippen LogP contribution in [0, 0.1) is 11.6 Å². The Hall–Kier alpha value is -3.43. The van der Waals surface area contributed by atoms with Gasteiger partial charge >= 0.3 is 0 Å². The number of fused-ring (bicyclic) bond motifs is 1. The molecule has 0 saturated carbocycles. The van der Waals surface area contributed by atoms with E-state index in [0.29, 0.717) is 30.4 Å². The number of hydrogen-bond donors (Lipinski definition) is 4. The standard InChI is InChI=1S/C19H22F2N6O2/c1-28-18-14(2-10(20)3-15(18)21)16(22)5-17-19(23)24-6-11-4-12(9-27(11)17)29-13-7-25-26-8-13/h2-3,5,7-8,11-12,24H,4,6,9,22-23H2,1H3,(H,25,26)/b16-5-. The molecule has 4 rings (SSSR count). The average molecular weight is 404 g/mol. The molecule has 0 amide bonds. The number of rotatable bonds is 5. The Morgan fingerprint density at radius 2 is 2.21 bits per heavy atom. The zero-order valence-electron chi connectivity index (χ0n) is 15.8. The van der Waals surface area contributed by atoms with Gasteiger partial charge in [0.1, 0.15) is 17.7 Å². The highest BCUT2D eigenvalue weighted by Gasteiger charge is 2.37. The van der Waals surface area contributed by atoms with Crippen molar-refractivity contribution in [3.63, 3.8) is 0 Å². The summed E-state index contributed by atoms with van der Waals surface area (Å²) in [4.78, 5) is 2.09. The molecule has 154 valence electrons. The number of benzene rings is 1.